The topological polar surface area (TPSA) is 81.7 Å². The number of carbonyl (C=O) groups excluding carboxylic acids is 1. The summed E-state index contributed by atoms with van der Waals surface area (Å²) in [4.78, 5) is 12.4. The molecule has 2 aromatic rings. The van der Waals surface area contributed by atoms with Gasteiger partial charge in [-0.25, -0.2) is 8.42 Å². The molecular weight excluding hydrogens is 378 g/mol. The van der Waals surface area contributed by atoms with E-state index in [-0.39, 0.29) is 35.6 Å². The van der Waals surface area contributed by atoms with Gasteiger partial charge in [0.25, 0.3) is 0 Å². The summed E-state index contributed by atoms with van der Waals surface area (Å²) in [6, 6.07) is 12.0. The average Bonchev–Trinajstić information content (AvgIpc) is 3.04. The van der Waals surface area contributed by atoms with Crippen molar-refractivity contribution in [2.75, 3.05) is 12.4 Å². The smallest absolute Gasteiger partial charge is 0.221 e. The molecule has 2 aromatic carbocycles. The molecule has 0 unspecified atom stereocenters. The first-order valence-electron chi connectivity index (χ1n) is 9.39. The molecule has 1 heterocycles. The van der Waals surface area contributed by atoms with Crippen molar-refractivity contribution in [2.24, 2.45) is 0 Å². The molecule has 0 bridgehead atoms. The molecule has 3 rings (SSSR count). The standard InChI is InChI=1S/C21H25NO5S/c1-3-26-19-12-16-11-15(2)27-20(16)13-17(19)14-22-21(23)9-10-28(24,25)18-7-5-4-6-8-18/h4-8,12-13,15H,3,9-11,14H2,1-2H3,(H,22,23)/t15-/m0/s1. The molecule has 7 heteroatoms. The van der Waals surface area contributed by atoms with Crippen LogP contribution in [0.5, 0.6) is 11.5 Å². The monoisotopic (exact) mass is 403 g/mol. The summed E-state index contributed by atoms with van der Waals surface area (Å²) in [5.74, 6) is 0.978. The Kier molecular flexibility index (Phi) is 6.24. The number of ether oxygens (including phenoxy) is 2. The molecular formula is C21H25NO5S. The van der Waals surface area contributed by atoms with Gasteiger partial charge in [0.2, 0.25) is 5.91 Å². The van der Waals surface area contributed by atoms with E-state index in [4.69, 9.17) is 9.47 Å². The molecule has 1 aliphatic heterocycles. The van der Waals surface area contributed by atoms with Gasteiger partial charge in [-0.2, -0.15) is 0 Å². The van der Waals surface area contributed by atoms with Crippen molar-refractivity contribution in [3.05, 3.63) is 53.6 Å². The zero-order valence-corrected chi connectivity index (χ0v) is 16.9. The second-order valence-corrected chi connectivity index (χ2v) is 8.90. The molecule has 0 radical (unpaired) electrons. The number of amides is 1. The Labute approximate surface area is 165 Å². The van der Waals surface area contributed by atoms with Crippen LogP contribution in [0.4, 0.5) is 0 Å². The van der Waals surface area contributed by atoms with Crippen molar-refractivity contribution >= 4 is 15.7 Å². The van der Waals surface area contributed by atoms with Crippen LogP contribution in [-0.2, 0) is 27.6 Å². The number of nitrogens with one attached hydrogen (secondary N) is 1. The summed E-state index contributed by atoms with van der Waals surface area (Å²) in [5.41, 5.74) is 1.91. The Bertz CT molecular complexity index is 941. The van der Waals surface area contributed by atoms with E-state index in [0.29, 0.717) is 6.61 Å². The van der Waals surface area contributed by atoms with E-state index in [1.165, 1.54) is 12.1 Å². The highest BCUT2D eigenvalue weighted by Crippen LogP contribution is 2.35. The van der Waals surface area contributed by atoms with Crippen molar-refractivity contribution in [3.8, 4) is 11.5 Å². The summed E-state index contributed by atoms with van der Waals surface area (Å²) < 4.78 is 36.1. The third kappa shape index (κ3) is 4.84. The third-order valence-corrected chi connectivity index (χ3v) is 6.29. The third-order valence-electron chi connectivity index (χ3n) is 4.56. The van der Waals surface area contributed by atoms with E-state index in [1.54, 1.807) is 18.2 Å². The summed E-state index contributed by atoms with van der Waals surface area (Å²) in [6.45, 7) is 4.69. The Hall–Kier alpha value is -2.54. The quantitative estimate of drug-likeness (QED) is 0.733. The van der Waals surface area contributed by atoms with Gasteiger partial charge in [-0.15, -0.1) is 0 Å². The molecule has 150 valence electrons. The van der Waals surface area contributed by atoms with Gasteiger partial charge in [-0.3, -0.25) is 4.79 Å². The molecule has 0 fully saturated rings. The first-order valence-corrected chi connectivity index (χ1v) is 11.0. The summed E-state index contributed by atoms with van der Waals surface area (Å²) in [6.07, 6.45) is 0.858. The highest BCUT2D eigenvalue weighted by Gasteiger charge is 2.22. The van der Waals surface area contributed by atoms with E-state index in [0.717, 1.165) is 29.0 Å². The molecule has 0 saturated heterocycles. The van der Waals surface area contributed by atoms with Crippen molar-refractivity contribution in [1.82, 2.24) is 5.32 Å². The highest BCUT2D eigenvalue weighted by atomic mass is 32.2. The van der Waals surface area contributed by atoms with Crippen LogP contribution in [-0.4, -0.2) is 32.8 Å². The molecule has 28 heavy (non-hydrogen) atoms. The summed E-state index contributed by atoms with van der Waals surface area (Å²) in [7, 11) is -3.47. The first kappa shape index (κ1) is 20.2. The fraction of sp³-hybridized carbons (Fsp3) is 0.381. The molecule has 0 spiro atoms. The van der Waals surface area contributed by atoms with Crippen LogP contribution in [0, 0.1) is 0 Å². The number of rotatable bonds is 8. The first-order chi connectivity index (χ1) is 13.4. The van der Waals surface area contributed by atoms with Crippen LogP contribution >= 0.6 is 0 Å². The molecule has 0 aromatic heterocycles. The molecule has 1 N–H and O–H groups in total. The van der Waals surface area contributed by atoms with Gasteiger partial charge in [-0.05, 0) is 38.1 Å². The van der Waals surface area contributed by atoms with Crippen LogP contribution in [0.1, 0.15) is 31.4 Å². The maximum Gasteiger partial charge on any atom is 0.221 e. The number of benzene rings is 2. The Morgan fingerprint density at radius 2 is 2.00 bits per heavy atom. The molecule has 0 saturated carbocycles. The summed E-state index contributed by atoms with van der Waals surface area (Å²) in [5, 5.41) is 2.79. The fourth-order valence-corrected chi connectivity index (χ4v) is 4.43. The lowest BCUT2D eigenvalue weighted by molar-refractivity contribution is -0.120. The highest BCUT2D eigenvalue weighted by molar-refractivity contribution is 7.91. The van der Waals surface area contributed by atoms with E-state index in [1.807, 2.05) is 26.0 Å². The Balaban J connectivity index is 1.61. The largest absolute Gasteiger partial charge is 0.494 e. The van der Waals surface area contributed by atoms with Crippen LogP contribution in [0.15, 0.2) is 47.4 Å². The van der Waals surface area contributed by atoms with E-state index < -0.39 is 9.84 Å². The van der Waals surface area contributed by atoms with Crippen molar-refractivity contribution in [1.29, 1.82) is 0 Å². The van der Waals surface area contributed by atoms with E-state index in [2.05, 4.69) is 5.32 Å². The number of hydrogen-bond acceptors (Lipinski definition) is 5. The SMILES string of the molecule is CCOc1cc2c(cc1CNC(=O)CCS(=O)(=O)c1ccccc1)O[C@@H](C)C2. The lowest BCUT2D eigenvalue weighted by Crippen LogP contribution is -2.25. The van der Waals surface area contributed by atoms with Gasteiger partial charge in [0.05, 0.1) is 17.3 Å². The van der Waals surface area contributed by atoms with Crippen molar-refractivity contribution in [2.45, 2.75) is 44.2 Å². The molecule has 6 nitrogen and oxygen atoms in total. The molecule has 1 atom stereocenters. The van der Waals surface area contributed by atoms with Crippen LogP contribution < -0.4 is 14.8 Å². The lowest BCUT2D eigenvalue weighted by atomic mass is 10.1. The van der Waals surface area contributed by atoms with Crippen LogP contribution in [0.3, 0.4) is 0 Å². The minimum Gasteiger partial charge on any atom is -0.494 e. The van der Waals surface area contributed by atoms with Gasteiger partial charge >= 0.3 is 0 Å². The molecule has 1 amide bonds. The number of carbonyl (C=O) groups is 1. The maximum atomic E-state index is 12.3. The van der Waals surface area contributed by atoms with Gasteiger partial charge in [0.15, 0.2) is 9.84 Å². The van der Waals surface area contributed by atoms with Crippen molar-refractivity contribution in [3.63, 3.8) is 0 Å². The maximum absolute atomic E-state index is 12.3. The van der Waals surface area contributed by atoms with Crippen LogP contribution in [0.2, 0.25) is 0 Å². The minimum atomic E-state index is -3.47. The Morgan fingerprint density at radius 3 is 2.71 bits per heavy atom. The number of sulfone groups is 1. The molecule has 0 aliphatic carbocycles. The lowest BCUT2D eigenvalue weighted by Gasteiger charge is -2.13. The zero-order valence-electron chi connectivity index (χ0n) is 16.1. The van der Waals surface area contributed by atoms with Gasteiger partial charge < -0.3 is 14.8 Å². The second kappa shape index (κ2) is 8.65. The Morgan fingerprint density at radius 1 is 1.25 bits per heavy atom. The predicted octanol–water partition coefficient (Wildman–Crippen LogP) is 2.89. The summed E-state index contributed by atoms with van der Waals surface area (Å²) >= 11 is 0. The van der Waals surface area contributed by atoms with Gasteiger partial charge in [0.1, 0.15) is 17.6 Å². The van der Waals surface area contributed by atoms with Gasteiger partial charge in [-0.1, -0.05) is 18.2 Å². The zero-order chi connectivity index (χ0) is 20.1. The average molecular weight is 404 g/mol. The van der Waals surface area contributed by atoms with E-state index in [9.17, 15) is 13.2 Å². The minimum absolute atomic E-state index is 0.0975. The van der Waals surface area contributed by atoms with Crippen LogP contribution in [0.25, 0.3) is 0 Å². The number of hydrogen-bond donors (Lipinski definition) is 1. The van der Waals surface area contributed by atoms with Crippen molar-refractivity contribution < 1.29 is 22.7 Å². The number of fused-ring (bicyclic) bond motifs is 1. The predicted molar refractivity (Wildman–Crippen MR) is 106 cm³/mol. The van der Waals surface area contributed by atoms with Gasteiger partial charge in [0, 0.05) is 30.5 Å². The normalized spacial score (nSPS) is 15.6. The molecule has 1 aliphatic rings. The van der Waals surface area contributed by atoms with E-state index >= 15 is 0 Å². The second-order valence-electron chi connectivity index (χ2n) is 6.79. The fourth-order valence-electron chi connectivity index (χ4n) is 3.16.